The van der Waals surface area contributed by atoms with Gasteiger partial charge in [0.1, 0.15) is 5.15 Å². The molecule has 6 heteroatoms. The molecule has 2 heterocycles. The molecule has 2 aromatic rings. The molecule has 0 aliphatic heterocycles. The summed E-state index contributed by atoms with van der Waals surface area (Å²) in [6.07, 6.45) is 13.0. The fourth-order valence-corrected chi connectivity index (χ4v) is 3.69. The Morgan fingerprint density at radius 2 is 1.94 bits per heavy atom. The Hall–Kier alpha value is -1.87. The molecule has 0 bridgehead atoms. The van der Waals surface area contributed by atoms with Crippen LogP contribution in [0.3, 0.4) is 0 Å². The number of pyridine rings is 2. The van der Waals surface area contributed by atoms with E-state index in [1.54, 1.807) is 18.3 Å². The first kappa shape index (κ1) is 27.2. The van der Waals surface area contributed by atoms with Crippen molar-refractivity contribution in [1.82, 2.24) is 9.97 Å². The molecule has 0 N–H and O–H groups in total. The Labute approximate surface area is 195 Å². The largest absolute Gasteiger partial charge is 0.381 e. The molecule has 2 aromatic heterocycles. The van der Waals surface area contributed by atoms with E-state index in [4.69, 9.17) is 16.3 Å². The Morgan fingerprint density at radius 3 is 2.48 bits per heavy atom. The molecule has 0 atom stereocenters. The first-order valence-corrected chi connectivity index (χ1v) is 13.9. The summed E-state index contributed by atoms with van der Waals surface area (Å²) in [6, 6.07) is 7.89. The summed E-state index contributed by atoms with van der Waals surface area (Å²) >= 11 is 6.07. The van der Waals surface area contributed by atoms with E-state index in [9.17, 15) is 5.26 Å². The average molecular weight is 462 g/mol. The van der Waals surface area contributed by atoms with E-state index < -0.39 is 0 Å². The van der Waals surface area contributed by atoms with Gasteiger partial charge in [-0.25, -0.2) is 15.0 Å². The van der Waals surface area contributed by atoms with Crippen LogP contribution in [0, 0.1) is 25.2 Å². The molecule has 2 rings (SSSR count). The first-order valence-electron chi connectivity index (χ1n) is 10.5. The fourth-order valence-electron chi connectivity index (χ4n) is 2.84. The number of allylic oxidation sites excluding steroid dienone is 2. The third-order valence-corrected chi connectivity index (χ3v) is 6.12. The van der Waals surface area contributed by atoms with Gasteiger partial charge in [-0.05, 0) is 75.3 Å². The van der Waals surface area contributed by atoms with Crippen molar-refractivity contribution in [2.75, 3.05) is 37.7 Å². The summed E-state index contributed by atoms with van der Waals surface area (Å²) < 4.78 is 5.47. The molecule has 0 spiro atoms. The summed E-state index contributed by atoms with van der Waals surface area (Å²) in [5.74, 6) is 1.25. The Bertz CT molecular complexity index is 914. The number of halogens is 1. The molecule has 0 fully saturated rings. The maximum atomic E-state index is 9.31. The quantitative estimate of drug-likeness (QED) is 0.245. The molecule has 0 radical (unpaired) electrons. The SMILES string of the molecule is C/C=C(/C#N)c1c(-c2ccnc(C)c2)cc(Cl)nc1C.CCCCOCCS(C)(C)C. The molecule has 0 aliphatic carbocycles. The normalized spacial score (nSPS) is 12.0. The number of hydrogen-bond donors (Lipinski definition) is 0. The second kappa shape index (κ2) is 13.5. The highest BCUT2D eigenvalue weighted by atomic mass is 35.5. The van der Waals surface area contributed by atoms with Crippen molar-refractivity contribution < 1.29 is 4.74 Å². The lowest BCUT2D eigenvalue weighted by Crippen LogP contribution is -2.07. The summed E-state index contributed by atoms with van der Waals surface area (Å²) in [5, 5.41) is 9.73. The van der Waals surface area contributed by atoms with E-state index in [1.165, 1.54) is 18.6 Å². The van der Waals surface area contributed by atoms with Gasteiger partial charge in [0.2, 0.25) is 0 Å². The minimum Gasteiger partial charge on any atom is -0.381 e. The van der Waals surface area contributed by atoms with Gasteiger partial charge in [0.25, 0.3) is 0 Å². The van der Waals surface area contributed by atoms with Crippen LogP contribution >= 0.6 is 21.6 Å². The van der Waals surface area contributed by atoms with E-state index in [0.717, 1.165) is 41.3 Å². The highest BCUT2D eigenvalue weighted by Gasteiger charge is 2.15. The van der Waals surface area contributed by atoms with Crippen molar-refractivity contribution in [1.29, 1.82) is 5.26 Å². The number of nitrogens with zero attached hydrogens (tertiary/aromatic N) is 3. The third-order valence-electron chi connectivity index (χ3n) is 4.54. The van der Waals surface area contributed by atoms with E-state index in [2.05, 4.69) is 41.7 Å². The molecule has 0 saturated heterocycles. The van der Waals surface area contributed by atoms with E-state index in [-0.39, 0.29) is 10.0 Å². The second-order valence-corrected chi connectivity index (χ2v) is 13.2. The van der Waals surface area contributed by atoms with E-state index in [1.807, 2.05) is 32.9 Å². The van der Waals surface area contributed by atoms with Gasteiger partial charge in [0.05, 0.1) is 18.2 Å². The monoisotopic (exact) mass is 461 g/mol. The van der Waals surface area contributed by atoms with Crippen LogP contribution in [0.15, 0.2) is 30.5 Å². The van der Waals surface area contributed by atoms with Gasteiger partial charge in [-0.15, -0.1) is 0 Å². The lowest BCUT2D eigenvalue weighted by molar-refractivity contribution is 0.146. The number of hydrogen-bond acceptors (Lipinski definition) is 4. The molecule has 4 nitrogen and oxygen atoms in total. The third kappa shape index (κ3) is 9.86. The van der Waals surface area contributed by atoms with Gasteiger partial charge in [-0.2, -0.15) is 5.26 Å². The number of aryl methyl sites for hydroxylation is 2. The molecule has 0 unspecified atom stereocenters. The predicted molar refractivity (Wildman–Crippen MR) is 137 cm³/mol. The lowest BCUT2D eigenvalue weighted by atomic mass is 9.94. The van der Waals surface area contributed by atoms with Crippen LogP contribution in [-0.2, 0) is 4.74 Å². The number of nitriles is 1. The topological polar surface area (TPSA) is 58.8 Å². The van der Waals surface area contributed by atoms with Gasteiger partial charge >= 0.3 is 0 Å². The Balaban J connectivity index is 0.000000373. The Morgan fingerprint density at radius 1 is 1.23 bits per heavy atom. The molecule has 31 heavy (non-hydrogen) atoms. The van der Waals surface area contributed by atoms with Crippen LogP contribution in [0.25, 0.3) is 16.7 Å². The zero-order valence-electron chi connectivity index (χ0n) is 20.0. The standard InChI is InChI=1S/C16H14ClN3.C9H22OS/c1-4-12(9-18)16-11(3)20-15(17)8-14(16)13-5-6-19-10(2)7-13;1-5-6-7-10-8-9-11(2,3)4/h4-8H,1-3H3;5-9H2,1-4H3/b12-4-;. The molecule has 0 aromatic carbocycles. The molecular weight excluding hydrogens is 426 g/mol. The first-order chi connectivity index (χ1) is 14.6. The maximum Gasteiger partial charge on any atom is 0.129 e. The van der Waals surface area contributed by atoms with Crippen LogP contribution in [0.5, 0.6) is 0 Å². The van der Waals surface area contributed by atoms with E-state index in [0.29, 0.717) is 10.7 Å². The van der Waals surface area contributed by atoms with Crippen LogP contribution in [0.1, 0.15) is 43.6 Å². The van der Waals surface area contributed by atoms with Crippen LogP contribution in [0.2, 0.25) is 5.15 Å². The Kier molecular flexibility index (Phi) is 11.8. The van der Waals surface area contributed by atoms with Crippen molar-refractivity contribution in [3.63, 3.8) is 0 Å². The van der Waals surface area contributed by atoms with Crippen molar-refractivity contribution in [3.05, 3.63) is 52.6 Å². The van der Waals surface area contributed by atoms with Crippen LogP contribution in [0.4, 0.5) is 0 Å². The molecule has 170 valence electrons. The van der Waals surface area contributed by atoms with Gasteiger partial charge < -0.3 is 4.74 Å². The summed E-state index contributed by atoms with van der Waals surface area (Å²) in [5.41, 5.74) is 4.97. The van der Waals surface area contributed by atoms with Crippen LogP contribution in [-0.4, -0.2) is 47.7 Å². The minimum atomic E-state index is -0.336. The smallest absolute Gasteiger partial charge is 0.129 e. The van der Waals surface area contributed by atoms with Crippen molar-refractivity contribution in [3.8, 4) is 17.2 Å². The highest BCUT2D eigenvalue weighted by Crippen LogP contribution is 2.34. The second-order valence-electron chi connectivity index (χ2n) is 8.21. The summed E-state index contributed by atoms with van der Waals surface area (Å²) in [4.78, 5) is 8.45. The highest BCUT2D eigenvalue weighted by molar-refractivity contribution is 8.32. The predicted octanol–water partition coefficient (Wildman–Crippen LogP) is 6.84. The average Bonchev–Trinajstić information content (AvgIpc) is 2.69. The van der Waals surface area contributed by atoms with Gasteiger partial charge in [0.15, 0.2) is 0 Å². The zero-order valence-corrected chi connectivity index (χ0v) is 21.5. The molecule has 0 amide bonds. The van der Waals surface area contributed by atoms with Crippen LogP contribution < -0.4 is 0 Å². The zero-order chi connectivity index (χ0) is 23.4. The van der Waals surface area contributed by atoms with Crippen molar-refractivity contribution >= 4 is 27.2 Å². The van der Waals surface area contributed by atoms with Gasteiger partial charge in [0, 0.05) is 35.5 Å². The minimum absolute atomic E-state index is 0.336. The number of rotatable bonds is 8. The molecule has 0 saturated carbocycles. The van der Waals surface area contributed by atoms with Gasteiger partial charge in [-0.3, -0.25) is 4.98 Å². The number of unbranched alkanes of at least 4 members (excludes halogenated alkanes) is 1. The maximum absolute atomic E-state index is 9.31. The lowest BCUT2D eigenvalue weighted by Gasteiger charge is -2.24. The van der Waals surface area contributed by atoms with Crippen molar-refractivity contribution in [2.45, 2.75) is 40.5 Å². The number of aromatic nitrogens is 2. The molecule has 0 aliphatic rings. The molecular formula is C25H36ClN3OS. The van der Waals surface area contributed by atoms with E-state index >= 15 is 0 Å². The summed E-state index contributed by atoms with van der Waals surface area (Å²) in [6.45, 7) is 9.73. The fraction of sp³-hybridized carbons (Fsp3) is 0.480. The summed E-state index contributed by atoms with van der Waals surface area (Å²) in [7, 11) is -0.336. The number of ether oxygens (including phenoxy) is 1. The van der Waals surface area contributed by atoms with Crippen molar-refractivity contribution in [2.24, 2.45) is 0 Å². The van der Waals surface area contributed by atoms with Gasteiger partial charge in [-0.1, -0.05) is 31.0 Å².